The van der Waals surface area contributed by atoms with Crippen molar-refractivity contribution in [2.24, 2.45) is 0 Å². The highest BCUT2D eigenvalue weighted by Crippen LogP contribution is 2.34. The number of rotatable bonds is 5. The Morgan fingerprint density at radius 2 is 2.10 bits per heavy atom. The van der Waals surface area contributed by atoms with Gasteiger partial charge in [0.2, 0.25) is 0 Å². The van der Waals surface area contributed by atoms with Crippen molar-refractivity contribution >= 4 is 39.1 Å². The van der Waals surface area contributed by atoms with Gasteiger partial charge in [0.25, 0.3) is 0 Å². The largest absolute Gasteiger partial charge is 0.305 e. The van der Waals surface area contributed by atoms with Crippen LogP contribution in [0, 0.1) is 0 Å². The Morgan fingerprint density at radius 1 is 1.35 bits per heavy atom. The van der Waals surface area contributed by atoms with Crippen LogP contribution in [0.2, 0.25) is 10.0 Å². The SMILES string of the molecule is CCNC(c1cc(Cl)ccc1Cl)c1c(Br)cnn1CC. The maximum absolute atomic E-state index is 6.35. The van der Waals surface area contributed by atoms with Gasteiger partial charge in [-0.1, -0.05) is 30.1 Å². The zero-order valence-electron chi connectivity index (χ0n) is 11.3. The van der Waals surface area contributed by atoms with Gasteiger partial charge in [-0.15, -0.1) is 0 Å². The lowest BCUT2D eigenvalue weighted by Crippen LogP contribution is -2.25. The average molecular weight is 377 g/mol. The molecule has 0 bridgehead atoms. The molecule has 0 aliphatic rings. The summed E-state index contributed by atoms with van der Waals surface area (Å²) in [5.41, 5.74) is 2.01. The van der Waals surface area contributed by atoms with Crippen LogP contribution in [0.1, 0.15) is 31.1 Å². The van der Waals surface area contributed by atoms with Crippen LogP contribution in [0.3, 0.4) is 0 Å². The molecule has 0 fully saturated rings. The Balaban J connectivity index is 2.56. The molecule has 1 atom stereocenters. The van der Waals surface area contributed by atoms with Gasteiger partial charge < -0.3 is 5.32 Å². The lowest BCUT2D eigenvalue weighted by atomic mass is 10.0. The Bertz CT molecular complexity index is 598. The summed E-state index contributed by atoms with van der Waals surface area (Å²) in [7, 11) is 0. The first-order valence-corrected chi connectivity index (χ1v) is 8.02. The number of aryl methyl sites for hydroxylation is 1. The molecule has 1 aromatic heterocycles. The molecule has 0 amide bonds. The molecule has 1 aromatic carbocycles. The summed E-state index contributed by atoms with van der Waals surface area (Å²) < 4.78 is 2.91. The summed E-state index contributed by atoms with van der Waals surface area (Å²) in [5, 5.41) is 9.18. The van der Waals surface area contributed by atoms with Crippen LogP contribution in [0.4, 0.5) is 0 Å². The minimum Gasteiger partial charge on any atom is -0.305 e. The molecule has 0 aliphatic heterocycles. The molecule has 108 valence electrons. The van der Waals surface area contributed by atoms with Crippen LogP contribution in [0.25, 0.3) is 0 Å². The smallest absolute Gasteiger partial charge is 0.0774 e. The van der Waals surface area contributed by atoms with Gasteiger partial charge in [0, 0.05) is 16.6 Å². The molecule has 0 saturated carbocycles. The zero-order chi connectivity index (χ0) is 14.7. The molecule has 6 heteroatoms. The summed E-state index contributed by atoms with van der Waals surface area (Å²) in [4.78, 5) is 0. The fourth-order valence-corrected chi connectivity index (χ4v) is 3.14. The van der Waals surface area contributed by atoms with Crippen LogP contribution < -0.4 is 5.32 Å². The standard InChI is InChI=1S/C14H16BrCl2N3/c1-3-18-13(10-7-9(16)5-6-12(10)17)14-11(15)8-19-20(14)4-2/h5-8,13,18H,3-4H2,1-2H3. The number of hydrogen-bond donors (Lipinski definition) is 1. The van der Waals surface area contributed by atoms with Crippen LogP contribution in [-0.2, 0) is 6.54 Å². The first kappa shape index (κ1) is 15.8. The van der Waals surface area contributed by atoms with E-state index >= 15 is 0 Å². The first-order valence-electron chi connectivity index (χ1n) is 6.48. The van der Waals surface area contributed by atoms with E-state index in [9.17, 15) is 0 Å². The topological polar surface area (TPSA) is 29.9 Å². The second-order valence-corrected chi connectivity index (χ2v) is 6.05. The van der Waals surface area contributed by atoms with Crippen molar-refractivity contribution in [3.8, 4) is 0 Å². The lowest BCUT2D eigenvalue weighted by Gasteiger charge is -2.21. The van der Waals surface area contributed by atoms with Crippen molar-refractivity contribution in [3.63, 3.8) is 0 Å². The Hall–Kier alpha value is -0.550. The van der Waals surface area contributed by atoms with Gasteiger partial charge in [0.15, 0.2) is 0 Å². The molecule has 2 rings (SSSR count). The molecule has 3 nitrogen and oxygen atoms in total. The lowest BCUT2D eigenvalue weighted by molar-refractivity contribution is 0.541. The van der Waals surface area contributed by atoms with E-state index in [0.717, 1.165) is 28.8 Å². The van der Waals surface area contributed by atoms with Crippen molar-refractivity contribution in [2.75, 3.05) is 6.54 Å². The number of nitrogens with one attached hydrogen (secondary N) is 1. The molecular weight excluding hydrogens is 361 g/mol. The summed E-state index contributed by atoms with van der Waals surface area (Å²) in [6, 6.07) is 5.46. The third-order valence-electron chi connectivity index (χ3n) is 3.08. The van der Waals surface area contributed by atoms with Crippen molar-refractivity contribution in [2.45, 2.75) is 26.4 Å². The monoisotopic (exact) mass is 375 g/mol. The van der Waals surface area contributed by atoms with E-state index in [1.165, 1.54) is 0 Å². The number of aromatic nitrogens is 2. The maximum atomic E-state index is 6.35. The highest BCUT2D eigenvalue weighted by atomic mass is 79.9. The van der Waals surface area contributed by atoms with Crippen LogP contribution in [-0.4, -0.2) is 16.3 Å². The Morgan fingerprint density at radius 3 is 2.75 bits per heavy atom. The third-order valence-corrected chi connectivity index (χ3v) is 4.27. The van der Waals surface area contributed by atoms with E-state index in [4.69, 9.17) is 23.2 Å². The van der Waals surface area contributed by atoms with Crippen LogP contribution >= 0.6 is 39.1 Å². The van der Waals surface area contributed by atoms with Crippen molar-refractivity contribution in [1.29, 1.82) is 0 Å². The minimum absolute atomic E-state index is 0.0528. The fourth-order valence-electron chi connectivity index (χ4n) is 2.20. The van der Waals surface area contributed by atoms with Crippen LogP contribution in [0.5, 0.6) is 0 Å². The summed E-state index contributed by atoms with van der Waals surface area (Å²) in [5.74, 6) is 0. The summed E-state index contributed by atoms with van der Waals surface area (Å²) in [6.45, 7) is 5.73. The van der Waals surface area contributed by atoms with Crippen molar-refractivity contribution in [1.82, 2.24) is 15.1 Å². The molecule has 1 N–H and O–H groups in total. The molecule has 20 heavy (non-hydrogen) atoms. The second kappa shape index (κ2) is 6.94. The van der Waals surface area contributed by atoms with Crippen LogP contribution in [0.15, 0.2) is 28.9 Å². The molecule has 0 aliphatic carbocycles. The predicted octanol–water partition coefficient (Wildman–Crippen LogP) is 4.67. The van der Waals surface area contributed by atoms with Crippen molar-refractivity contribution < 1.29 is 0 Å². The summed E-state index contributed by atoms with van der Waals surface area (Å²) in [6.07, 6.45) is 1.81. The van der Waals surface area contributed by atoms with E-state index in [1.807, 2.05) is 23.0 Å². The Labute approximate surface area is 137 Å². The third kappa shape index (κ3) is 3.19. The van der Waals surface area contributed by atoms with Gasteiger partial charge in [0.05, 0.1) is 22.4 Å². The number of hydrogen-bond acceptors (Lipinski definition) is 2. The molecule has 0 radical (unpaired) electrons. The summed E-state index contributed by atoms with van der Waals surface area (Å²) >= 11 is 16.0. The van der Waals surface area contributed by atoms with Crippen molar-refractivity contribution in [3.05, 3.63) is 50.2 Å². The molecular formula is C14H16BrCl2N3. The fraction of sp³-hybridized carbons (Fsp3) is 0.357. The van der Waals surface area contributed by atoms with Gasteiger partial charge in [-0.2, -0.15) is 5.10 Å². The number of halogens is 3. The number of nitrogens with zero attached hydrogens (tertiary/aromatic N) is 2. The molecule has 2 aromatic rings. The van der Waals surface area contributed by atoms with Gasteiger partial charge in [-0.3, -0.25) is 4.68 Å². The van der Waals surface area contributed by atoms with E-state index < -0.39 is 0 Å². The molecule has 1 heterocycles. The van der Waals surface area contributed by atoms with E-state index in [2.05, 4.69) is 40.2 Å². The highest BCUT2D eigenvalue weighted by Gasteiger charge is 2.23. The minimum atomic E-state index is -0.0528. The van der Waals surface area contributed by atoms with E-state index in [1.54, 1.807) is 6.07 Å². The van der Waals surface area contributed by atoms with Gasteiger partial charge >= 0.3 is 0 Å². The zero-order valence-corrected chi connectivity index (χ0v) is 14.4. The second-order valence-electron chi connectivity index (χ2n) is 4.35. The van der Waals surface area contributed by atoms with Gasteiger partial charge in [-0.05, 0) is 53.2 Å². The first-order chi connectivity index (χ1) is 9.58. The van der Waals surface area contributed by atoms with E-state index in [0.29, 0.717) is 10.0 Å². The normalized spacial score (nSPS) is 12.7. The quantitative estimate of drug-likeness (QED) is 0.821. The predicted molar refractivity (Wildman–Crippen MR) is 87.6 cm³/mol. The Kier molecular flexibility index (Phi) is 5.49. The highest BCUT2D eigenvalue weighted by molar-refractivity contribution is 9.10. The van der Waals surface area contributed by atoms with Gasteiger partial charge in [0.1, 0.15) is 0 Å². The molecule has 1 unspecified atom stereocenters. The molecule has 0 saturated heterocycles. The van der Waals surface area contributed by atoms with E-state index in [-0.39, 0.29) is 6.04 Å². The average Bonchev–Trinajstić information content (AvgIpc) is 2.80. The maximum Gasteiger partial charge on any atom is 0.0774 e. The van der Waals surface area contributed by atoms with Gasteiger partial charge in [-0.25, -0.2) is 0 Å². The molecule has 0 spiro atoms. The number of benzene rings is 1.